The van der Waals surface area contributed by atoms with E-state index in [-0.39, 0.29) is 28.7 Å². The monoisotopic (exact) mass is 372 g/mol. The first-order valence-electron chi connectivity index (χ1n) is 7.47. The zero-order valence-corrected chi connectivity index (χ0v) is 14.1. The van der Waals surface area contributed by atoms with Crippen molar-refractivity contribution in [3.8, 4) is 5.75 Å². The number of aromatic hydroxyl groups is 1. The van der Waals surface area contributed by atoms with Crippen LogP contribution in [0, 0.1) is 5.82 Å². The largest absolute Gasteiger partial charge is 0.504 e. The lowest BCUT2D eigenvalue weighted by atomic mass is 10.2. The van der Waals surface area contributed by atoms with Gasteiger partial charge in [-0.3, -0.25) is 14.9 Å². The topological polar surface area (TPSA) is 104 Å². The molecule has 3 aromatic rings. The summed E-state index contributed by atoms with van der Waals surface area (Å²) in [6.07, 6.45) is 1.37. The Bertz CT molecular complexity index is 960. The van der Waals surface area contributed by atoms with E-state index in [2.05, 4.69) is 20.6 Å². The highest BCUT2D eigenvalue weighted by molar-refractivity contribution is 7.14. The van der Waals surface area contributed by atoms with Crippen LogP contribution in [0.15, 0.2) is 48.0 Å². The van der Waals surface area contributed by atoms with Crippen LogP contribution in [0.2, 0.25) is 0 Å². The second-order valence-electron chi connectivity index (χ2n) is 5.17. The van der Waals surface area contributed by atoms with Crippen LogP contribution < -0.4 is 10.6 Å². The van der Waals surface area contributed by atoms with Crippen LogP contribution in [0.3, 0.4) is 0 Å². The molecule has 0 atom stereocenters. The smallest absolute Gasteiger partial charge is 0.260 e. The van der Waals surface area contributed by atoms with Gasteiger partial charge in [0, 0.05) is 11.6 Å². The quantitative estimate of drug-likeness (QED) is 0.639. The fourth-order valence-corrected chi connectivity index (χ4v) is 2.79. The van der Waals surface area contributed by atoms with Crippen LogP contribution >= 0.6 is 11.3 Å². The average Bonchev–Trinajstić information content (AvgIpc) is 3.04. The molecule has 2 heterocycles. The van der Waals surface area contributed by atoms with Gasteiger partial charge < -0.3 is 10.4 Å². The molecule has 132 valence electrons. The van der Waals surface area contributed by atoms with Crippen LogP contribution in [0.25, 0.3) is 0 Å². The van der Waals surface area contributed by atoms with Gasteiger partial charge in [0.2, 0.25) is 5.91 Å². The molecule has 0 aliphatic heterocycles. The molecule has 1 aromatic carbocycles. The van der Waals surface area contributed by atoms with Gasteiger partial charge in [-0.2, -0.15) is 0 Å². The summed E-state index contributed by atoms with van der Waals surface area (Å²) in [5.41, 5.74) is 0.333. The Labute approximate surface area is 151 Å². The number of nitrogens with zero attached hydrogens (tertiary/aromatic N) is 2. The summed E-state index contributed by atoms with van der Waals surface area (Å²) in [7, 11) is 0. The minimum Gasteiger partial charge on any atom is -0.504 e. The highest BCUT2D eigenvalue weighted by Gasteiger charge is 2.14. The van der Waals surface area contributed by atoms with Gasteiger partial charge in [-0.15, -0.1) is 11.3 Å². The summed E-state index contributed by atoms with van der Waals surface area (Å²) in [5, 5.41) is 16.4. The van der Waals surface area contributed by atoms with E-state index in [1.54, 1.807) is 11.4 Å². The molecule has 26 heavy (non-hydrogen) atoms. The third kappa shape index (κ3) is 4.19. The number of aromatic nitrogens is 2. The molecule has 0 unspecified atom stereocenters. The highest BCUT2D eigenvalue weighted by atomic mass is 32.1. The number of nitrogens with one attached hydrogen (secondary N) is 2. The molecular formula is C17H13FN4O3S. The Kier molecular flexibility index (Phi) is 5.18. The van der Waals surface area contributed by atoms with Crippen molar-refractivity contribution in [3.63, 3.8) is 0 Å². The van der Waals surface area contributed by atoms with E-state index < -0.39 is 17.6 Å². The number of thiazole rings is 1. The summed E-state index contributed by atoms with van der Waals surface area (Å²) in [5.74, 6) is -1.75. The molecule has 0 saturated heterocycles. The lowest BCUT2D eigenvalue weighted by Crippen LogP contribution is -2.16. The lowest BCUT2D eigenvalue weighted by Gasteiger charge is -2.04. The van der Waals surface area contributed by atoms with Gasteiger partial charge in [-0.05, 0) is 24.3 Å². The normalized spacial score (nSPS) is 10.3. The molecule has 0 radical (unpaired) electrons. The van der Waals surface area contributed by atoms with Gasteiger partial charge in [0.1, 0.15) is 5.82 Å². The number of carbonyl (C=O) groups excluding carboxylic acids is 2. The molecule has 2 amide bonds. The Hall–Kier alpha value is -3.33. The summed E-state index contributed by atoms with van der Waals surface area (Å²) in [6.45, 7) is 0. The van der Waals surface area contributed by atoms with Crippen molar-refractivity contribution in [2.45, 2.75) is 6.42 Å². The van der Waals surface area contributed by atoms with Crippen molar-refractivity contribution in [1.29, 1.82) is 0 Å². The van der Waals surface area contributed by atoms with Gasteiger partial charge in [-0.1, -0.05) is 12.1 Å². The van der Waals surface area contributed by atoms with E-state index in [0.717, 1.165) is 11.3 Å². The van der Waals surface area contributed by atoms with E-state index in [1.807, 2.05) is 0 Å². The molecule has 0 saturated carbocycles. The molecule has 0 spiro atoms. The Morgan fingerprint density at radius 1 is 1.15 bits per heavy atom. The highest BCUT2D eigenvalue weighted by Crippen LogP contribution is 2.20. The number of halogens is 1. The number of hydrogen-bond donors (Lipinski definition) is 3. The number of pyridine rings is 1. The number of carbonyl (C=O) groups is 2. The van der Waals surface area contributed by atoms with Crippen LogP contribution in [0.4, 0.5) is 15.3 Å². The van der Waals surface area contributed by atoms with Crippen molar-refractivity contribution < 1.29 is 19.1 Å². The van der Waals surface area contributed by atoms with Crippen LogP contribution in [0.1, 0.15) is 16.1 Å². The maximum atomic E-state index is 13.6. The van der Waals surface area contributed by atoms with Gasteiger partial charge in [0.25, 0.3) is 5.91 Å². The third-order valence-electron chi connectivity index (χ3n) is 3.28. The summed E-state index contributed by atoms with van der Waals surface area (Å²) in [4.78, 5) is 32.0. The van der Waals surface area contributed by atoms with Crippen molar-refractivity contribution in [2.75, 3.05) is 10.6 Å². The van der Waals surface area contributed by atoms with Crippen molar-refractivity contribution in [3.05, 3.63) is 65.0 Å². The molecule has 0 aliphatic rings. The molecular weight excluding hydrogens is 359 g/mol. The molecule has 2 aromatic heterocycles. The van der Waals surface area contributed by atoms with E-state index in [4.69, 9.17) is 0 Å². The standard InChI is InChI=1S/C17H13FN4O3S/c18-12-5-2-1-4-11(12)16(25)22-17-20-10(9-26-17)8-14(24)21-15-13(23)6-3-7-19-15/h1-7,9,23H,8H2,(H,19,21,24)(H,20,22,25). The fraction of sp³-hybridized carbons (Fsp3) is 0.0588. The van der Waals surface area contributed by atoms with Crippen LogP contribution in [0.5, 0.6) is 5.75 Å². The predicted octanol–water partition coefficient (Wildman–Crippen LogP) is 2.82. The van der Waals surface area contributed by atoms with Crippen molar-refractivity contribution >= 4 is 34.1 Å². The molecule has 0 bridgehead atoms. The Morgan fingerprint density at radius 3 is 2.73 bits per heavy atom. The second kappa shape index (κ2) is 7.70. The molecule has 9 heteroatoms. The number of rotatable bonds is 5. The molecule has 0 aliphatic carbocycles. The number of benzene rings is 1. The van der Waals surface area contributed by atoms with E-state index in [0.29, 0.717) is 5.69 Å². The van der Waals surface area contributed by atoms with E-state index in [1.165, 1.54) is 36.5 Å². The lowest BCUT2D eigenvalue weighted by molar-refractivity contribution is -0.115. The summed E-state index contributed by atoms with van der Waals surface area (Å²) >= 11 is 1.12. The van der Waals surface area contributed by atoms with Gasteiger partial charge in [-0.25, -0.2) is 14.4 Å². The van der Waals surface area contributed by atoms with Gasteiger partial charge >= 0.3 is 0 Å². The maximum absolute atomic E-state index is 13.6. The van der Waals surface area contributed by atoms with Gasteiger partial charge in [0.05, 0.1) is 17.7 Å². The van der Waals surface area contributed by atoms with Crippen LogP contribution in [-0.2, 0) is 11.2 Å². The van der Waals surface area contributed by atoms with Gasteiger partial charge in [0.15, 0.2) is 16.7 Å². The molecule has 7 nitrogen and oxygen atoms in total. The fourth-order valence-electron chi connectivity index (χ4n) is 2.09. The first-order valence-corrected chi connectivity index (χ1v) is 8.35. The van der Waals surface area contributed by atoms with E-state index in [9.17, 15) is 19.1 Å². The average molecular weight is 372 g/mol. The summed E-state index contributed by atoms with van der Waals surface area (Å²) < 4.78 is 13.6. The second-order valence-corrected chi connectivity index (χ2v) is 6.03. The first kappa shape index (κ1) is 17.5. The number of hydrogen-bond acceptors (Lipinski definition) is 6. The first-order chi connectivity index (χ1) is 12.5. The minimum atomic E-state index is -0.628. The molecule has 3 N–H and O–H groups in total. The predicted molar refractivity (Wildman–Crippen MR) is 94.7 cm³/mol. The van der Waals surface area contributed by atoms with Crippen molar-refractivity contribution in [2.24, 2.45) is 0 Å². The Morgan fingerprint density at radius 2 is 1.96 bits per heavy atom. The van der Waals surface area contributed by atoms with Crippen molar-refractivity contribution in [1.82, 2.24) is 9.97 Å². The van der Waals surface area contributed by atoms with E-state index >= 15 is 0 Å². The van der Waals surface area contributed by atoms with Crippen LogP contribution in [-0.4, -0.2) is 26.9 Å². The zero-order chi connectivity index (χ0) is 18.5. The third-order valence-corrected chi connectivity index (χ3v) is 4.08. The summed E-state index contributed by atoms with van der Waals surface area (Å²) in [6, 6.07) is 8.55. The minimum absolute atomic E-state index is 0.0563. The number of amides is 2. The maximum Gasteiger partial charge on any atom is 0.260 e. The number of anilines is 2. The molecule has 0 fully saturated rings. The zero-order valence-electron chi connectivity index (χ0n) is 13.3. The molecule has 3 rings (SSSR count). The Balaban J connectivity index is 1.61. The SMILES string of the molecule is O=C(Cc1csc(NC(=O)c2ccccc2F)n1)Nc1ncccc1O.